The zero-order valence-electron chi connectivity index (χ0n) is 15.5. The fourth-order valence-corrected chi connectivity index (χ4v) is 2.88. The van der Waals surface area contributed by atoms with E-state index in [2.05, 4.69) is 15.3 Å². The molecule has 2 rings (SSSR count). The highest BCUT2D eigenvalue weighted by molar-refractivity contribution is 5.88. The van der Waals surface area contributed by atoms with Gasteiger partial charge in [-0.15, -0.1) is 0 Å². The second kappa shape index (κ2) is 11.0. The molecule has 0 unspecified atom stereocenters. The van der Waals surface area contributed by atoms with Crippen LogP contribution < -0.4 is 11.0 Å². The number of nitrogens with zero attached hydrogens (tertiary/aromatic N) is 3. The molecule has 0 bridgehead atoms. The van der Waals surface area contributed by atoms with Crippen LogP contribution in [0.4, 0.5) is 5.95 Å². The number of carbonyl (C=O) groups is 2. The molecule has 1 fully saturated rings. The minimum Gasteiger partial charge on any atom is -0.394 e. The molecule has 1 aliphatic rings. The third-order valence-corrected chi connectivity index (χ3v) is 4.46. The van der Waals surface area contributed by atoms with Gasteiger partial charge in [-0.25, -0.2) is 9.78 Å². The van der Waals surface area contributed by atoms with E-state index >= 15 is 0 Å². The average Bonchev–Trinajstić information content (AvgIpc) is 3.04. The number of ether oxygens (including phenoxy) is 1. The number of nitrogens with one attached hydrogen (secondary N) is 1. The lowest BCUT2D eigenvalue weighted by Gasteiger charge is -2.14. The monoisotopic (exact) mass is 398 g/mol. The summed E-state index contributed by atoms with van der Waals surface area (Å²) < 4.78 is 6.48. The summed E-state index contributed by atoms with van der Waals surface area (Å²) in [7, 11) is 0. The number of carbonyl (C=O) groups excluding carboxylic acids is 2. The van der Waals surface area contributed by atoms with E-state index in [0.29, 0.717) is 19.3 Å². The van der Waals surface area contributed by atoms with Gasteiger partial charge < -0.3 is 20.1 Å². The first-order chi connectivity index (χ1) is 13.4. The van der Waals surface area contributed by atoms with Gasteiger partial charge in [0.05, 0.1) is 12.7 Å². The number of aromatic nitrogens is 3. The van der Waals surface area contributed by atoms with Gasteiger partial charge >= 0.3 is 5.69 Å². The third kappa shape index (κ3) is 6.44. The van der Waals surface area contributed by atoms with Crippen molar-refractivity contribution in [2.75, 3.05) is 18.5 Å². The first kappa shape index (κ1) is 22.1. The zero-order valence-corrected chi connectivity index (χ0v) is 15.5. The van der Waals surface area contributed by atoms with E-state index in [1.54, 1.807) is 0 Å². The van der Waals surface area contributed by atoms with Crippen LogP contribution in [0.1, 0.15) is 51.2 Å². The topological polar surface area (TPSA) is 164 Å². The first-order valence-electron chi connectivity index (χ1n) is 9.26. The van der Waals surface area contributed by atoms with Crippen LogP contribution in [0.2, 0.25) is 0 Å². The number of ketones is 1. The fraction of sp³-hybridized carbons (Fsp3) is 0.706. The smallest absolute Gasteiger partial charge is 0.354 e. The Bertz CT molecular complexity index is 724. The van der Waals surface area contributed by atoms with Gasteiger partial charge in [0.1, 0.15) is 25.3 Å². The Morgan fingerprint density at radius 2 is 1.93 bits per heavy atom. The van der Waals surface area contributed by atoms with E-state index in [9.17, 15) is 19.5 Å². The number of aliphatic hydroxyl groups excluding tert-OH is 3. The molecule has 0 aliphatic carbocycles. The SMILES string of the molecule is O=C(CO)CCCCCCC(=O)Nc1ncn([C@H]2C[C@H](O)[C@@H](CO)O2)c(=O)n1. The molecule has 0 radical (unpaired) electrons. The highest BCUT2D eigenvalue weighted by Gasteiger charge is 2.35. The number of rotatable bonds is 11. The molecule has 11 heteroatoms. The van der Waals surface area contributed by atoms with E-state index in [1.807, 2.05) is 0 Å². The van der Waals surface area contributed by atoms with E-state index in [0.717, 1.165) is 17.4 Å². The summed E-state index contributed by atoms with van der Waals surface area (Å²) in [5.74, 6) is -0.623. The highest BCUT2D eigenvalue weighted by Crippen LogP contribution is 2.27. The molecular formula is C17H26N4O7. The van der Waals surface area contributed by atoms with Gasteiger partial charge in [-0.3, -0.25) is 19.5 Å². The van der Waals surface area contributed by atoms with Crippen LogP contribution in [0.3, 0.4) is 0 Å². The minimum absolute atomic E-state index is 0.114. The number of unbranched alkanes of at least 4 members (excludes halogenated alkanes) is 3. The molecule has 3 atom stereocenters. The van der Waals surface area contributed by atoms with Crippen molar-refractivity contribution in [2.45, 2.75) is 63.4 Å². The molecule has 1 aromatic heterocycles. The van der Waals surface area contributed by atoms with Crippen LogP contribution in [-0.2, 0) is 14.3 Å². The number of amides is 1. The average molecular weight is 398 g/mol. The molecule has 0 spiro atoms. The Morgan fingerprint density at radius 3 is 2.54 bits per heavy atom. The van der Waals surface area contributed by atoms with Crippen LogP contribution in [0.15, 0.2) is 11.1 Å². The van der Waals surface area contributed by atoms with Crippen molar-refractivity contribution in [1.82, 2.24) is 14.5 Å². The predicted octanol–water partition coefficient (Wildman–Crippen LogP) is -0.880. The summed E-state index contributed by atoms with van der Waals surface area (Å²) in [6.45, 7) is -0.796. The van der Waals surface area contributed by atoms with Crippen molar-refractivity contribution in [2.24, 2.45) is 0 Å². The van der Waals surface area contributed by atoms with E-state index in [1.165, 1.54) is 6.33 Å². The molecule has 0 aromatic carbocycles. The van der Waals surface area contributed by atoms with E-state index in [-0.39, 0.29) is 37.1 Å². The van der Waals surface area contributed by atoms with Crippen LogP contribution in [0.25, 0.3) is 0 Å². The minimum atomic E-state index is -0.886. The predicted molar refractivity (Wildman–Crippen MR) is 96.3 cm³/mol. The summed E-state index contributed by atoms with van der Waals surface area (Å²) in [6, 6.07) is 0. The van der Waals surface area contributed by atoms with Gasteiger partial charge in [0.2, 0.25) is 11.9 Å². The van der Waals surface area contributed by atoms with Crippen LogP contribution in [0.5, 0.6) is 0 Å². The van der Waals surface area contributed by atoms with Gasteiger partial charge in [-0.2, -0.15) is 4.98 Å². The standard InChI is InChI=1S/C17H26N4O7/c22-8-11(24)5-3-1-2-4-6-14(26)19-16-18-10-21(17(27)20-16)15-7-12(25)13(9-23)28-15/h10,12-13,15,22-23,25H,1-9H2,(H,19,20,26,27)/t12-,13+,15+/m0/s1. The molecular weight excluding hydrogens is 372 g/mol. The first-order valence-corrected chi connectivity index (χ1v) is 9.26. The third-order valence-electron chi connectivity index (χ3n) is 4.46. The molecule has 1 aliphatic heterocycles. The zero-order chi connectivity index (χ0) is 20.5. The molecule has 1 aromatic rings. The second-order valence-corrected chi connectivity index (χ2v) is 6.64. The van der Waals surface area contributed by atoms with Crippen molar-refractivity contribution in [1.29, 1.82) is 0 Å². The maximum atomic E-state index is 12.1. The summed E-state index contributed by atoms with van der Waals surface area (Å²) in [5, 5.41) is 29.9. The lowest BCUT2D eigenvalue weighted by molar-refractivity contribution is -0.122. The summed E-state index contributed by atoms with van der Waals surface area (Å²) in [4.78, 5) is 42.6. The molecule has 1 saturated heterocycles. The maximum Gasteiger partial charge on any atom is 0.354 e. The van der Waals surface area contributed by atoms with Gasteiger partial charge in [-0.1, -0.05) is 12.8 Å². The quantitative estimate of drug-likeness (QED) is 0.346. The van der Waals surface area contributed by atoms with Crippen molar-refractivity contribution >= 4 is 17.6 Å². The Hall–Kier alpha value is -2.21. The molecule has 2 heterocycles. The van der Waals surface area contributed by atoms with Crippen LogP contribution in [0, 0.1) is 0 Å². The van der Waals surface area contributed by atoms with Gasteiger partial charge in [0.15, 0.2) is 5.78 Å². The van der Waals surface area contributed by atoms with Crippen molar-refractivity contribution in [3.63, 3.8) is 0 Å². The number of aliphatic hydroxyl groups is 3. The largest absolute Gasteiger partial charge is 0.394 e. The molecule has 4 N–H and O–H groups in total. The van der Waals surface area contributed by atoms with Gasteiger partial charge in [-0.05, 0) is 12.8 Å². The highest BCUT2D eigenvalue weighted by atomic mass is 16.5. The number of hydrogen-bond donors (Lipinski definition) is 4. The van der Waals surface area contributed by atoms with E-state index in [4.69, 9.17) is 14.9 Å². The molecule has 0 saturated carbocycles. The summed E-state index contributed by atoms with van der Waals surface area (Å²) in [5.41, 5.74) is -0.686. The van der Waals surface area contributed by atoms with Crippen LogP contribution in [-0.4, -0.2) is 67.0 Å². The van der Waals surface area contributed by atoms with E-state index < -0.39 is 30.7 Å². The lowest BCUT2D eigenvalue weighted by Crippen LogP contribution is -2.29. The maximum absolute atomic E-state index is 12.1. The van der Waals surface area contributed by atoms with Gasteiger partial charge in [0, 0.05) is 19.3 Å². The summed E-state index contributed by atoms with van der Waals surface area (Å²) in [6.07, 6.45) is 2.30. The van der Waals surface area contributed by atoms with Crippen molar-refractivity contribution < 1.29 is 29.6 Å². The lowest BCUT2D eigenvalue weighted by atomic mass is 10.1. The Balaban J connectivity index is 1.75. The molecule has 28 heavy (non-hydrogen) atoms. The summed E-state index contributed by atoms with van der Waals surface area (Å²) >= 11 is 0. The second-order valence-electron chi connectivity index (χ2n) is 6.64. The van der Waals surface area contributed by atoms with Gasteiger partial charge in [0.25, 0.3) is 0 Å². The Kier molecular flexibility index (Phi) is 8.64. The number of hydrogen-bond acceptors (Lipinski definition) is 9. The molecule has 156 valence electrons. The molecule has 11 nitrogen and oxygen atoms in total. The van der Waals surface area contributed by atoms with Crippen LogP contribution >= 0.6 is 0 Å². The Labute approximate surface area is 161 Å². The Morgan fingerprint density at radius 1 is 1.21 bits per heavy atom. The number of anilines is 1. The molecule has 1 amide bonds. The van der Waals surface area contributed by atoms with Crippen molar-refractivity contribution in [3.8, 4) is 0 Å². The fourth-order valence-electron chi connectivity index (χ4n) is 2.88. The normalized spacial score (nSPS) is 21.6. The van der Waals surface area contributed by atoms with Crippen molar-refractivity contribution in [3.05, 3.63) is 16.8 Å². The number of Topliss-reactive ketones (excluding diaryl/α,β-unsaturated/α-hetero) is 1.